The molecule has 96 valence electrons. The van der Waals surface area contributed by atoms with Crippen molar-refractivity contribution in [3.63, 3.8) is 0 Å². The van der Waals surface area contributed by atoms with E-state index in [1.807, 2.05) is 38.1 Å². The fourth-order valence-corrected chi connectivity index (χ4v) is 1.73. The minimum absolute atomic E-state index is 0.432. The number of aryl methyl sites for hydroxylation is 1. The number of anilines is 1. The predicted octanol–water partition coefficient (Wildman–Crippen LogP) is 4.09. The van der Waals surface area contributed by atoms with E-state index in [0.29, 0.717) is 12.5 Å². The molecule has 4 heteroatoms. The summed E-state index contributed by atoms with van der Waals surface area (Å²) in [5, 5.41) is 3.63. The number of hydrogen-bond donors (Lipinski definition) is 1. The Morgan fingerprint density at radius 2 is 2.17 bits per heavy atom. The van der Waals surface area contributed by atoms with Crippen molar-refractivity contribution >= 4 is 22.9 Å². The Kier molecular flexibility index (Phi) is 3.87. The maximum Gasteiger partial charge on any atom is 0.413 e. The molecule has 0 radical (unpaired) electrons. The van der Waals surface area contributed by atoms with Crippen LogP contribution in [0.3, 0.4) is 0 Å². The lowest BCUT2D eigenvalue weighted by Crippen LogP contribution is -2.14. The highest BCUT2D eigenvalue weighted by Crippen LogP contribution is 2.28. The number of rotatable bonds is 4. The zero-order chi connectivity index (χ0) is 13.0. The molecule has 1 N–H and O–H groups in total. The normalized spacial score (nSPS) is 10.6. The first-order valence-corrected chi connectivity index (χ1v) is 6.14. The van der Waals surface area contributed by atoms with Crippen LogP contribution in [-0.2, 0) is 4.74 Å². The number of carbonyl (C=O) groups excluding carboxylic acids is 1. The van der Waals surface area contributed by atoms with Crippen LogP contribution in [0.15, 0.2) is 28.7 Å². The van der Waals surface area contributed by atoms with Crippen molar-refractivity contribution in [3.05, 3.63) is 29.8 Å². The third kappa shape index (κ3) is 2.64. The SMILES string of the molecule is CCCCOC(=O)Nc1oc2ccccc2c1C. The Bertz CT molecular complexity index is 545. The Morgan fingerprint density at radius 1 is 1.39 bits per heavy atom. The van der Waals surface area contributed by atoms with E-state index in [1.54, 1.807) is 0 Å². The van der Waals surface area contributed by atoms with E-state index in [4.69, 9.17) is 9.15 Å². The van der Waals surface area contributed by atoms with Crippen molar-refractivity contribution in [2.75, 3.05) is 11.9 Å². The Balaban J connectivity index is 2.07. The second-order valence-electron chi connectivity index (χ2n) is 4.17. The molecule has 0 aliphatic carbocycles. The Hall–Kier alpha value is -1.97. The van der Waals surface area contributed by atoms with Crippen LogP contribution in [0.5, 0.6) is 0 Å². The first-order valence-electron chi connectivity index (χ1n) is 6.14. The van der Waals surface area contributed by atoms with Crippen molar-refractivity contribution in [1.82, 2.24) is 0 Å². The molecule has 0 fully saturated rings. The quantitative estimate of drug-likeness (QED) is 0.828. The van der Waals surface area contributed by atoms with E-state index in [9.17, 15) is 4.79 Å². The Labute approximate surface area is 106 Å². The highest BCUT2D eigenvalue weighted by molar-refractivity contribution is 5.91. The average molecular weight is 247 g/mol. The van der Waals surface area contributed by atoms with Crippen molar-refractivity contribution < 1.29 is 13.9 Å². The summed E-state index contributed by atoms with van der Waals surface area (Å²) in [6.45, 7) is 4.39. The molecule has 4 nitrogen and oxygen atoms in total. The van der Waals surface area contributed by atoms with Gasteiger partial charge >= 0.3 is 6.09 Å². The molecule has 1 amide bonds. The molecule has 0 spiro atoms. The number of benzene rings is 1. The van der Waals surface area contributed by atoms with Gasteiger partial charge in [0.1, 0.15) is 5.58 Å². The number of unbranched alkanes of at least 4 members (excludes halogenated alkanes) is 1. The van der Waals surface area contributed by atoms with E-state index in [1.165, 1.54) is 0 Å². The van der Waals surface area contributed by atoms with Crippen molar-refractivity contribution in [1.29, 1.82) is 0 Å². The zero-order valence-corrected chi connectivity index (χ0v) is 10.7. The summed E-state index contributed by atoms with van der Waals surface area (Å²) in [5.74, 6) is 0.456. The summed E-state index contributed by atoms with van der Waals surface area (Å²) in [5.41, 5.74) is 1.68. The second-order valence-corrected chi connectivity index (χ2v) is 4.17. The number of ether oxygens (including phenoxy) is 1. The van der Waals surface area contributed by atoms with Crippen LogP contribution in [0.1, 0.15) is 25.3 Å². The van der Waals surface area contributed by atoms with Gasteiger partial charge in [-0.3, -0.25) is 5.32 Å². The molecule has 0 bridgehead atoms. The van der Waals surface area contributed by atoms with Gasteiger partial charge in [-0.2, -0.15) is 0 Å². The monoisotopic (exact) mass is 247 g/mol. The third-order valence-electron chi connectivity index (χ3n) is 2.79. The molecule has 0 atom stereocenters. The topological polar surface area (TPSA) is 51.5 Å². The molecule has 0 saturated carbocycles. The number of hydrogen-bond acceptors (Lipinski definition) is 3. The fraction of sp³-hybridized carbons (Fsp3) is 0.357. The second kappa shape index (κ2) is 5.58. The molecular formula is C14H17NO3. The van der Waals surface area contributed by atoms with Crippen LogP contribution in [-0.4, -0.2) is 12.7 Å². The number of para-hydroxylation sites is 1. The van der Waals surface area contributed by atoms with Gasteiger partial charge in [-0.05, 0) is 19.4 Å². The van der Waals surface area contributed by atoms with Crippen LogP contribution in [0.4, 0.5) is 10.7 Å². The highest BCUT2D eigenvalue weighted by Gasteiger charge is 2.12. The summed E-state index contributed by atoms with van der Waals surface area (Å²) >= 11 is 0. The van der Waals surface area contributed by atoms with Gasteiger partial charge in [-0.1, -0.05) is 31.5 Å². The molecule has 1 aromatic heterocycles. The van der Waals surface area contributed by atoms with Crippen molar-refractivity contribution in [2.45, 2.75) is 26.7 Å². The number of carbonyl (C=O) groups is 1. The molecule has 2 rings (SSSR count). The van der Waals surface area contributed by atoms with E-state index in [0.717, 1.165) is 29.4 Å². The average Bonchev–Trinajstić information content (AvgIpc) is 2.67. The van der Waals surface area contributed by atoms with E-state index in [2.05, 4.69) is 5.32 Å². The molecule has 18 heavy (non-hydrogen) atoms. The summed E-state index contributed by atoms with van der Waals surface area (Å²) in [6.07, 6.45) is 1.40. The van der Waals surface area contributed by atoms with Gasteiger partial charge in [0.2, 0.25) is 5.88 Å². The van der Waals surface area contributed by atoms with Gasteiger partial charge in [0.25, 0.3) is 0 Å². The van der Waals surface area contributed by atoms with Crippen LogP contribution in [0.25, 0.3) is 11.0 Å². The lowest BCUT2D eigenvalue weighted by Gasteiger charge is -2.04. The first kappa shape index (κ1) is 12.5. The summed E-state index contributed by atoms with van der Waals surface area (Å²) < 4.78 is 10.6. The summed E-state index contributed by atoms with van der Waals surface area (Å²) in [7, 11) is 0. The van der Waals surface area contributed by atoms with Crippen molar-refractivity contribution in [2.24, 2.45) is 0 Å². The van der Waals surface area contributed by atoms with Crippen LogP contribution >= 0.6 is 0 Å². The van der Waals surface area contributed by atoms with Crippen molar-refractivity contribution in [3.8, 4) is 0 Å². The number of fused-ring (bicyclic) bond motifs is 1. The zero-order valence-electron chi connectivity index (χ0n) is 10.7. The lowest BCUT2D eigenvalue weighted by atomic mass is 10.2. The number of amides is 1. The minimum atomic E-state index is -0.467. The standard InChI is InChI=1S/C14H17NO3/c1-3-4-9-17-14(16)15-13-10(2)11-7-5-6-8-12(11)18-13/h5-8H,3-4,9H2,1-2H3,(H,15,16). The third-order valence-corrected chi connectivity index (χ3v) is 2.79. The maximum atomic E-state index is 11.5. The molecule has 1 heterocycles. The maximum absolute atomic E-state index is 11.5. The highest BCUT2D eigenvalue weighted by atomic mass is 16.5. The van der Waals surface area contributed by atoms with E-state index in [-0.39, 0.29) is 0 Å². The van der Waals surface area contributed by atoms with Gasteiger partial charge in [0.15, 0.2) is 0 Å². The summed E-state index contributed by atoms with van der Waals surface area (Å²) in [6, 6.07) is 7.67. The first-order chi connectivity index (χ1) is 8.72. The largest absolute Gasteiger partial charge is 0.449 e. The van der Waals surface area contributed by atoms with Crippen LogP contribution in [0.2, 0.25) is 0 Å². The Morgan fingerprint density at radius 3 is 2.89 bits per heavy atom. The van der Waals surface area contributed by atoms with Crippen LogP contribution < -0.4 is 5.32 Å². The molecule has 0 aliphatic heterocycles. The summed E-state index contributed by atoms with van der Waals surface area (Å²) in [4.78, 5) is 11.5. The number of furan rings is 1. The van der Waals surface area contributed by atoms with Gasteiger partial charge in [-0.25, -0.2) is 4.79 Å². The van der Waals surface area contributed by atoms with Gasteiger partial charge < -0.3 is 9.15 Å². The smallest absolute Gasteiger partial charge is 0.413 e. The number of nitrogens with one attached hydrogen (secondary N) is 1. The minimum Gasteiger partial charge on any atom is -0.449 e. The predicted molar refractivity (Wildman–Crippen MR) is 70.8 cm³/mol. The lowest BCUT2D eigenvalue weighted by molar-refractivity contribution is 0.159. The molecule has 2 aromatic rings. The molecule has 0 unspecified atom stereocenters. The molecule has 0 aliphatic rings. The van der Waals surface area contributed by atoms with Gasteiger partial charge in [-0.15, -0.1) is 0 Å². The van der Waals surface area contributed by atoms with Crippen LogP contribution in [0, 0.1) is 6.92 Å². The fourth-order valence-electron chi connectivity index (χ4n) is 1.73. The molecular weight excluding hydrogens is 230 g/mol. The van der Waals surface area contributed by atoms with E-state index < -0.39 is 6.09 Å². The van der Waals surface area contributed by atoms with Gasteiger partial charge in [0.05, 0.1) is 6.61 Å². The molecule has 0 saturated heterocycles. The molecule has 1 aromatic carbocycles. The van der Waals surface area contributed by atoms with Gasteiger partial charge in [0, 0.05) is 10.9 Å². The van der Waals surface area contributed by atoms with E-state index >= 15 is 0 Å².